The second kappa shape index (κ2) is 12.8. The van der Waals surface area contributed by atoms with E-state index in [-0.39, 0.29) is 20.1 Å². The van der Waals surface area contributed by atoms with Gasteiger partial charge in [0.2, 0.25) is 0 Å². The second-order valence-corrected chi connectivity index (χ2v) is 6.62. The van der Waals surface area contributed by atoms with E-state index in [1.807, 2.05) is 96.3 Å². The average Bonchev–Trinajstić information content (AvgIpc) is 3.50. The zero-order valence-electron chi connectivity index (χ0n) is 18.1. The molecule has 1 radical (unpaired) electrons. The number of hydrogen-bond acceptors (Lipinski definition) is 5. The van der Waals surface area contributed by atoms with Crippen molar-refractivity contribution in [1.82, 2.24) is 29.1 Å². The quantitative estimate of drug-likeness (QED) is 0.280. The minimum atomic E-state index is 0. The molecule has 0 aliphatic rings. The van der Waals surface area contributed by atoms with Gasteiger partial charge in [0.1, 0.15) is 11.4 Å². The molecule has 5 aromatic rings. The minimum Gasteiger partial charge on any atom is -0.512 e. The Labute approximate surface area is 206 Å². The fourth-order valence-corrected chi connectivity index (χ4v) is 2.98. The van der Waals surface area contributed by atoms with E-state index >= 15 is 0 Å². The summed E-state index contributed by atoms with van der Waals surface area (Å²) in [5.41, 5.74) is 3.71. The molecule has 0 N–H and O–H groups in total. The van der Waals surface area contributed by atoms with Gasteiger partial charge in [-0.25, -0.2) is 15.0 Å². The largest absolute Gasteiger partial charge is 0.512 e. The number of rotatable bonds is 3. The van der Waals surface area contributed by atoms with E-state index in [2.05, 4.69) is 26.0 Å². The minimum absolute atomic E-state index is 0. The van der Waals surface area contributed by atoms with Gasteiger partial charge < -0.3 is 26.0 Å². The topological polar surface area (TPSA) is 85.2 Å². The molecule has 0 amide bonds. The fraction of sp³-hybridized carbons (Fsp3) is 0.0800. The van der Waals surface area contributed by atoms with Crippen LogP contribution in [0.15, 0.2) is 91.6 Å². The molecule has 5 rings (SSSR count). The van der Waals surface area contributed by atoms with Crippen LogP contribution in [-0.4, -0.2) is 29.1 Å². The molecule has 0 saturated carbocycles. The molecule has 33 heavy (non-hydrogen) atoms. The fourth-order valence-electron chi connectivity index (χ4n) is 2.98. The van der Waals surface area contributed by atoms with Crippen molar-refractivity contribution in [3.63, 3.8) is 0 Å². The van der Waals surface area contributed by atoms with Crippen LogP contribution in [-0.2, 0) is 34.2 Å². The summed E-state index contributed by atoms with van der Waals surface area (Å²) in [4.78, 5) is 17.4. The smallest absolute Gasteiger partial charge is 0.158 e. The van der Waals surface area contributed by atoms with Crippen molar-refractivity contribution in [3.05, 3.63) is 104 Å². The van der Waals surface area contributed by atoms with Gasteiger partial charge in [0.15, 0.2) is 11.6 Å². The first-order valence-electron chi connectivity index (χ1n) is 9.75. The molecule has 8 heteroatoms. The van der Waals surface area contributed by atoms with Gasteiger partial charge >= 0.3 is 0 Å². The zero-order valence-corrected chi connectivity index (χ0v) is 20.5. The van der Waals surface area contributed by atoms with Crippen LogP contribution < -0.4 is 0 Å². The number of pyridine rings is 2. The van der Waals surface area contributed by atoms with Crippen LogP contribution in [0.5, 0.6) is 0 Å². The van der Waals surface area contributed by atoms with E-state index in [1.165, 1.54) is 0 Å². The van der Waals surface area contributed by atoms with Crippen molar-refractivity contribution in [2.75, 3.05) is 0 Å². The van der Waals surface area contributed by atoms with Crippen LogP contribution in [0.2, 0.25) is 0 Å². The normalized spacial score (nSPS) is 9.45. The molecule has 0 saturated heterocycles. The summed E-state index contributed by atoms with van der Waals surface area (Å²) in [5.74, 6) is 1.71. The van der Waals surface area contributed by atoms with Gasteiger partial charge in [-0.05, 0) is 23.9 Å². The van der Waals surface area contributed by atoms with E-state index < -0.39 is 0 Å². The van der Waals surface area contributed by atoms with Crippen molar-refractivity contribution >= 4 is 0 Å². The van der Waals surface area contributed by atoms with Crippen molar-refractivity contribution < 1.29 is 20.1 Å². The summed E-state index contributed by atoms with van der Waals surface area (Å²) in [5, 5.41) is 6.25. The molecule has 4 heterocycles. The average molecular weight is 612 g/mol. The van der Waals surface area contributed by atoms with Crippen LogP contribution in [0, 0.1) is 17.9 Å². The van der Waals surface area contributed by atoms with Gasteiger partial charge in [0, 0.05) is 65.2 Å². The Hall–Kier alpha value is -3.92. The number of hydrogen-bond donors (Lipinski definition) is 0. The van der Waals surface area contributed by atoms with Crippen LogP contribution in [0.25, 0.3) is 34.3 Å². The first-order chi connectivity index (χ1) is 15.7. The molecule has 0 aliphatic carbocycles. The maximum atomic E-state index is 6.25. The van der Waals surface area contributed by atoms with Crippen molar-refractivity contribution in [2.24, 2.45) is 14.1 Å². The molecule has 1 aromatic carbocycles. The van der Waals surface area contributed by atoms with E-state index in [4.69, 9.17) is 11.8 Å². The van der Waals surface area contributed by atoms with Crippen LogP contribution >= 0.6 is 0 Å². The molecule has 167 valence electrons. The summed E-state index contributed by atoms with van der Waals surface area (Å²) in [6, 6.07) is 22.7. The molecule has 4 aromatic heterocycles. The second-order valence-electron chi connectivity index (χ2n) is 6.62. The van der Waals surface area contributed by atoms with E-state index in [0.29, 0.717) is 0 Å². The number of nitrogens with zero attached hydrogens (tertiary/aromatic N) is 7. The Balaban J connectivity index is 0.000000225. The Morgan fingerprint density at radius 2 is 1.27 bits per heavy atom. The molecule has 0 atom stereocenters. The Bertz CT molecular complexity index is 1170. The number of aryl methyl sites for hydroxylation is 2. The Morgan fingerprint density at radius 1 is 0.697 bits per heavy atom. The Morgan fingerprint density at radius 3 is 1.73 bits per heavy atom. The van der Waals surface area contributed by atoms with Gasteiger partial charge in [-0.15, -0.1) is 35.9 Å². The summed E-state index contributed by atoms with van der Waals surface area (Å²) >= 11 is 0. The number of imidazole rings is 2. The van der Waals surface area contributed by atoms with Crippen molar-refractivity contribution in [2.45, 2.75) is 0 Å². The van der Waals surface area contributed by atoms with Crippen LogP contribution in [0.3, 0.4) is 0 Å². The first-order valence-corrected chi connectivity index (χ1v) is 9.75. The predicted octanol–water partition coefficient (Wildman–Crippen LogP) is 4.53. The SMILES string of the molecule is Cn1ccnc1-c1cccc(-c2nccn2C)n1.[C-]#N.[Ir].[c-]1ccccc1-c1ccccn1. The standard InChI is InChI=1S/C13H13N5.C11H8N.CN.Ir/c1-17-8-6-14-12(17)10-4-3-5-11(16-10)13-15-7-9-18(13)2;1-2-6-10(7-3-1)11-8-4-5-9-12-11;1-2;/h3-9H,1-2H3;1-6,8-9H;;/q;2*-1;. The third kappa shape index (κ3) is 6.53. The van der Waals surface area contributed by atoms with Crippen LogP contribution in [0.1, 0.15) is 0 Å². The monoisotopic (exact) mass is 612 g/mol. The van der Waals surface area contributed by atoms with Gasteiger partial charge in [0.25, 0.3) is 0 Å². The van der Waals surface area contributed by atoms with Gasteiger partial charge in [-0.1, -0.05) is 18.2 Å². The third-order valence-electron chi connectivity index (χ3n) is 4.50. The van der Waals surface area contributed by atoms with E-state index in [1.54, 1.807) is 18.6 Å². The van der Waals surface area contributed by atoms with E-state index in [0.717, 1.165) is 34.3 Å². The van der Waals surface area contributed by atoms with Gasteiger partial charge in [-0.3, -0.25) is 0 Å². The maximum Gasteiger partial charge on any atom is 0.158 e. The molecule has 0 aliphatic heterocycles. The molecular formula is C25H21IrN7-2. The molecular weight excluding hydrogens is 591 g/mol. The molecule has 0 fully saturated rings. The van der Waals surface area contributed by atoms with Crippen molar-refractivity contribution in [3.8, 4) is 34.3 Å². The first kappa shape index (κ1) is 25.3. The number of benzene rings is 1. The van der Waals surface area contributed by atoms with Gasteiger partial charge in [-0.2, -0.15) is 0 Å². The van der Waals surface area contributed by atoms with E-state index in [9.17, 15) is 0 Å². The molecule has 0 spiro atoms. The van der Waals surface area contributed by atoms with Crippen LogP contribution in [0.4, 0.5) is 0 Å². The predicted molar refractivity (Wildman–Crippen MR) is 122 cm³/mol. The summed E-state index contributed by atoms with van der Waals surface area (Å²) in [6.07, 6.45) is 9.14. The summed E-state index contributed by atoms with van der Waals surface area (Å²) in [7, 11) is 3.91. The summed E-state index contributed by atoms with van der Waals surface area (Å²) in [6.45, 7) is 4.75. The third-order valence-corrected chi connectivity index (χ3v) is 4.50. The molecule has 0 bridgehead atoms. The number of aromatic nitrogens is 6. The maximum absolute atomic E-state index is 6.25. The Kier molecular flexibility index (Phi) is 9.84. The summed E-state index contributed by atoms with van der Waals surface area (Å²) < 4.78 is 3.90. The van der Waals surface area contributed by atoms with Crippen molar-refractivity contribution in [1.29, 1.82) is 5.26 Å². The zero-order chi connectivity index (χ0) is 22.8. The molecule has 7 nitrogen and oxygen atoms in total. The van der Waals surface area contributed by atoms with Gasteiger partial charge in [0.05, 0.1) is 0 Å². The molecule has 0 unspecified atom stereocenters.